The van der Waals surface area contributed by atoms with Gasteiger partial charge in [-0.2, -0.15) is 0 Å². The Labute approximate surface area is 123 Å². The van der Waals surface area contributed by atoms with Crippen molar-refractivity contribution in [2.24, 2.45) is 0 Å². The first-order valence-corrected chi connectivity index (χ1v) is 7.79. The van der Waals surface area contributed by atoms with Gasteiger partial charge < -0.3 is 10.3 Å². The van der Waals surface area contributed by atoms with Crippen molar-refractivity contribution in [2.45, 2.75) is 33.2 Å². The molecule has 0 radical (unpaired) electrons. The molecule has 20 heavy (non-hydrogen) atoms. The Kier molecular flexibility index (Phi) is 3.49. The summed E-state index contributed by atoms with van der Waals surface area (Å²) >= 11 is 1.89. The second-order valence-electron chi connectivity index (χ2n) is 5.08. The zero-order chi connectivity index (χ0) is 14.1. The van der Waals surface area contributed by atoms with Crippen LogP contribution in [-0.2, 0) is 6.42 Å². The number of thiophene rings is 1. The average molecular weight is 285 g/mol. The minimum atomic E-state index is 0.321. The van der Waals surface area contributed by atoms with E-state index in [1.54, 1.807) is 0 Å². The van der Waals surface area contributed by atoms with Crippen LogP contribution in [0.4, 0.5) is 5.69 Å². The second-order valence-corrected chi connectivity index (χ2v) is 6.28. The van der Waals surface area contributed by atoms with Gasteiger partial charge in [-0.3, -0.25) is 0 Å². The van der Waals surface area contributed by atoms with Gasteiger partial charge in [-0.05, 0) is 50.6 Å². The Bertz CT molecular complexity index is 726. The molecule has 3 nitrogen and oxygen atoms in total. The number of hydrogen-bond donors (Lipinski definition) is 2. The normalized spacial score (nSPS) is 12.8. The van der Waals surface area contributed by atoms with E-state index in [0.29, 0.717) is 6.04 Å². The Morgan fingerprint density at radius 1 is 1.30 bits per heavy atom. The molecule has 1 aromatic carbocycles. The SMILES string of the molecule is CCc1ccc(C(C)Nc2ccc3nc(C)[nH]c3c2)s1. The molecule has 0 aliphatic heterocycles. The minimum absolute atomic E-state index is 0.321. The third kappa shape index (κ3) is 2.56. The van der Waals surface area contributed by atoms with Crippen LogP contribution in [0.3, 0.4) is 0 Å². The van der Waals surface area contributed by atoms with Crippen LogP contribution in [0.25, 0.3) is 11.0 Å². The van der Waals surface area contributed by atoms with E-state index in [9.17, 15) is 0 Å². The molecule has 0 amide bonds. The number of rotatable bonds is 4. The fourth-order valence-electron chi connectivity index (χ4n) is 2.37. The summed E-state index contributed by atoms with van der Waals surface area (Å²) < 4.78 is 0. The summed E-state index contributed by atoms with van der Waals surface area (Å²) in [6.07, 6.45) is 1.11. The van der Waals surface area contributed by atoms with Crippen LogP contribution in [0.15, 0.2) is 30.3 Å². The first kappa shape index (κ1) is 13.2. The highest BCUT2D eigenvalue weighted by atomic mass is 32.1. The number of benzene rings is 1. The lowest BCUT2D eigenvalue weighted by Gasteiger charge is -2.13. The van der Waals surface area contributed by atoms with E-state index >= 15 is 0 Å². The van der Waals surface area contributed by atoms with Crippen molar-refractivity contribution in [2.75, 3.05) is 5.32 Å². The lowest BCUT2D eigenvalue weighted by atomic mass is 10.2. The summed E-state index contributed by atoms with van der Waals surface area (Å²) in [7, 11) is 0. The number of nitrogens with one attached hydrogen (secondary N) is 2. The van der Waals surface area contributed by atoms with E-state index < -0.39 is 0 Å². The fraction of sp³-hybridized carbons (Fsp3) is 0.312. The first-order valence-electron chi connectivity index (χ1n) is 6.97. The number of hydrogen-bond acceptors (Lipinski definition) is 3. The first-order chi connectivity index (χ1) is 9.65. The molecule has 3 rings (SSSR count). The van der Waals surface area contributed by atoms with Gasteiger partial charge in [0.1, 0.15) is 5.82 Å². The van der Waals surface area contributed by atoms with Gasteiger partial charge in [-0.1, -0.05) is 6.92 Å². The van der Waals surface area contributed by atoms with Gasteiger partial charge in [0.25, 0.3) is 0 Å². The van der Waals surface area contributed by atoms with Crippen LogP contribution < -0.4 is 5.32 Å². The van der Waals surface area contributed by atoms with E-state index in [2.05, 4.69) is 59.5 Å². The van der Waals surface area contributed by atoms with E-state index in [1.807, 2.05) is 18.3 Å². The number of aryl methyl sites for hydroxylation is 2. The molecule has 0 fully saturated rings. The predicted molar refractivity (Wildman–Crippen MR) is 86.6 cm³/mol. The largest absolute Gasteiger partial charge is 0.378 e. The van der Waals surface area contributed by atoms with E-state index in [4.69, 9.17) is 0 Å². The monoisotopic (exact) mass is 285 g/mol. The van der Waals surface area contributed by atoms with Gasteiger partial charge >= 0.3 is 0 Å². The highest BCUT2D eigenvalue weighted by molar-refractivity contribution is 7.12. The number of nitrogens with zero attached hydrogens (tertiary/aromatic N) is 1. The lowest BCUT2D eigenvalue weighted by molar-refractivity contribution is 0.908. The average Bonchev–Trinajstić information content (AvgIpc) is 3.03. The van der Waals surface area contributed by atoms with Crippen molar-refractivity contribution < 1.29 is 0 Å². The Morgan fingerprint density at radius 3 is 2.90 bits per heavy atom. The summed E-state index contributed by atoms with van der Waals surface area (Å²) in [5, 5.41) is 3.56. The number of aromatic nitrogens is 2. The highest BCUT2D eigenvalue weighted by Crippen LogP contribution is 2.27. The van der Waals surface area contributed by atoms with Crippen LogP contribution in [0.2, 0.25) is 0 Å². The molecule has 1 atom stereocenters. The molecule has 0 saturated heterocycles. The molecule has 0 aliphatic carbocycles. The molecular formula is C16H19N3S. The van der Waals surface area contributed by atoms with E-state index in [-0.39, 0.29) is 0 Å². The number of anilines is 1. The van der Waals surface area contributed by atoms with E-state index in [1.165, 1.54) is 9.75 Å². The van der Waals surface area contributed by atoms with Gasteiger partial charge in [0, 0.05) is 15.4 Å². The molecule has 0 aliphatic rings. The predicted octanol–water partition coefficient (Wildman–Crippen LogP) is 4.67. The summed E-state index contributed by atoms with van der Waals surface area (Å²) in [5.74, 6) is 0.955. The summed E-state index contributed by atoms with van der Waals surface area (Å²) in [5.41, 5.74) is 3.23. The van der Waals surface area contributed by atoms with Crippen LogP contribution in [0.5, 0.6) is 0 Å². The Balaban J connectivity index is 1.80. The maximum absolute atomic E-state index is 4.42. The van der Waals surface area contributed by atoms with Crippen LogP contribution in [-0.4, -0.2) is 9.97 Å². The van der Waals surface area contributed by atoms with Crippen LogP contribution in [0.1, 0.15) is 35.5 Å². The summed E-state index contributed by atoms with van der Waals surface area (Å²) in [4.78, 5) is 10.5. The van der Waals surface area contributed by atoms with Crippen molar-refractivity contribution in [3.8, 4) is 0 Å². The molecule has 2 N–H and O–H groups in total. The molecule has 0 bridgehead atoms. The topological polar surface area (TPSA) is 40.7 Å². The van der Waals surface area contributed by atoms with Gasteiger partial charge in [-0.15, -0.1) is 11.3 Å². The Hall–Kier alpha value is -1.81. The maximum Gasteiger partial charge on any atom is 0.104 e. The fourth-order valence-corrected chi connectivity index (χ4v) is 3.32. The van der Waals surface area contributed by atoms with Gasteiger partial charge in [0.05, 0.1) is 17.1 Å². The molecule has 3 aromatic rings. The maximum atomic E-state index is 4.42. The molecule has 2 heterocycles. The zero-order valence-electron chi connectivity index (χ0n) is 12.0. The molecular weight excluding hydrogens is 266 g/mol. The summed E-state index contributed by atoms with van der Waals surface area (Å²) in [6.45, 7) is 6.38. The molecule has 4 heteroatoms. The van der Waals surface area contributed by atoms with Crippen molar-refractivity contribution in [1.82, 2.24) is 9.97 Å². The van der Waals surface area contributed by atoms with Crippen LogP contribution in [0, 0.1) is 6.92 Å². The van der Waals surface area contributed by atoms with E-state index in [0.717, 1.165) is 29.0 Å². The van der Waals surface area contributed by atoms with Crippen molar-refractivity contribution in [3.63, 3.8) is 0 Å². The van der Waals surface area contributed by atoms with Crippen LogP contribution >= 0.6 is 11.3 Å². The Morgan fingerprint density at radius 2 is 2.15 bits per heavy atom. The minimum Gasteiger partial charge on any atom is -0.378 e. The molecule has 0 spiro atoms. The number of H-pyrrole nitrogens is 1. The molecule has 2 aromatic heterocycles. The molecule has 0 saturated carbocycles. The molecule has 1 unspecified atom stereocenters. The quantitative estimate of drug-likeness (QED) is 0.731. The zero-order valence-corrected chi connectivity index (χ0v) is 12.8. The van der Waals surface area contributed by atoms with Crippen molar-refractivity contribution in [1.29, 1.82) is 0 Å². The smallest absolute Gasteiger partial charge is 0.104 e. The summed E-state index contributed by atoms with van der Waals surface area (Å²) in [6, 6.07) is 11.0. The van der Waals surface area contributed by atoms with Gasteiger partial charge in [0.2, 0.25) is 0 Å². The third-order valence-electron chi connectivity index (χ3n) is 3.44. The number of imidazole rings is 1. The van der Waals surface area contributed by atoms with Gasteiger partial charge in [0.15, 0.2) is 0 Å². The van der Waals surface area contributed by atoms with Gasteiger partial charge in [-0.25, -0.2) is 4.98 Å². The number of aromatic amines is 1. The second kappa shape index (κ2) is 5.29. The molecule has 104 valence electrons. The van der Waals surface area contributed by atoms with Crippen molar-refractivity contribution >= 4 is 28.1 Å². The van der Waals surface area contributed by atoms with Crippen molar-refractivity contribution in [3.05, 3.63) is 45.9 Å². The standard InChI is InChI=1S/C16H19N3S/c1-4-13-6-8-16(20-13)10(2)17-12-5-7-14-15(9-12)19-11(3)18-14/h5-10,17H,4H2,1-3H3,(H,18,19). The number of fused-ring (bicyclic) bond motifs is 1. The highest BCUT2D eigenvalue weighted by Gasteiger charge is 2.09. The third-order valence-corrected chi connectivity index (χ3v) is 4.85. The lowest BCUT2D eigenvalue weighted by Crippen LogP contribution is -2.04.